The summed E-state index contributed by atoms with van der Waals surface area (Å²) in [7, 11) is 0. The molecule has 7 heteroatoms. The van der Waals surface area contributed by atoms with Gasteiger partial charge < -0.3 is 5.11 Å². The molecule has 1 saturated heterocycles. The molecule has 1 fully saturated rings. The van der Waals surface area contributed by atoms with Gasteiger partial charge in [0.15, 0.2) is 0 Å². The second kappa shape index (κ2) is 6.49. The molecule has 7 nitrogen and oxygen atoms in total. The van der Waals surface area contributed by atoms with Crippen LogP contribution < -0.4 is 5.01 Å². The minimum Gasteiger partial charge on any atom is -0.481 e. The van der Waals surface area contributed by atoms with Crippen LogP contribution in [-0.4, -0.2) is 39.4 Å². The molecule has 0 bridgehead atoms. The Labute approximate surface area is 138 Å². The summed E-state index contributed by atoms with van der Waals surface area (Å²) in [6, 6.07) is 11.7. The Morgan fingerprint density at radius 1 is 1.12 bits per heavy atom. The summed E-state index contributed by atoms with van der Waals surface area (Å²) in [6.07, 6.45) is 2.89. The van der Waals surface area contributed by atoms with Crippen molar-refractivity contribution in [1.82, 2.24) is 9.99 Å². The Bertz CT molecular complexity index is 764. The van der Waals surface area contributed by atoms with Crippen LogP contribution in [0, 0.1) is 5.92 Å². The molecule has 2 aromatic rings. The molecule has 122 valence electrons. The molecule has 0 saturated carbocycles. The standard InChI is InChI=1S/C17H15N3O4/c21-15-10-13(17(23)24)11-19(15)20(14-6-8-18-9-7-14)16(22)12-4-2-1-3-5-12/h1-9,13H,10-11H2,(H,23,24). The summed E-state index contributed by atoms with van der Waals surface area (Å²) in [6.45, 7) is -0.0466. The Kier molecular flexibility index (Phi) is 4.24. The van der Waals surface area contributed by atoms with Crippen LogP contribution in [-0.2, 0) is 9.59 Å². The first kappa shape index (κ1) is 15.7. The second-order valence-corrected chi connectivity index (χ2v) is 5.40. The smallest absolute Gasteiger partial charge is 0.308 e. The Morgan fingerprint density at radius 3 is 2.38 bits per heavy atom. The normalized spacial score (nSPS) is 16.9. The van der Waals surface area contributed by atoms with Crippen molar-refractivity contribution < 1.29 is 19.5 Å². The maximum atomic E-state index is 12.9. The highest BCUT2D eigenvalue weighted by atomic mass is 16.4. The molecule has 0 radical (unpaired) electrons. The van der Waals surface area contributed by atoms with E-state index in [0.717, 1.165) is 0 Å². The van der Waals surface area contributed by atoms with Crippen molar-refractivity contribution in [2.45, 2.75) is 6.42 Å². The van der Waals surface area contributed by atoms with Crippen LogP contribution in [0.3, 0.4) is 0 Å². The predicted molar refractivity (Wildman–Crippen MR) is 84.9 cm³/mol. The molecule has 1 unspecified atom stereocenters. The third-order valence-corrected chi connectivity index (χ3v) is 3.81. The molecule has 3 rings (SSSR count). The second-order valence-electron chi connectivity index (χ2n) is 5.40. The van der Waals surface area contributed by atoms with E-state index in [-0.39, 0.29) is 13.0 Å². The van der Waals surface area contributed by atoms with Gasteiger partial charge in [-0.2, -0.15) is 0 Å². The van der Waals surface area contributed by atoms with Gasteiger partial charge in [-0.25, -0.2) is 10.0 Å². The van der Waals surface area contributed by atoms with Crippen LogP contribution in [0.15, 0.2) is 54.9 Å². The summed E-state index contributed by atoms with van der Waals surface area (Å²) >= 11 is 0. The molecular formula is C17H15N3O4. The maximum Gasteiger partial charge on any atom is 0.308 e. The van der Waals surface area contributed by atoms with Gasteiger partial charge in [0.05, 0.1) is 18.2 Å². The van der Waals surface area contributed by atoms with Crippen molar-refractivity contribution in [1.29, 1.82) is 0 Å². The highest BCUT2D eigenvalue weighted by Crippen LogP contribution is 2.26. The van der Waals surface area contributed by atoms with Crippen LogP contribution in [0.25, 0.3) is 0 Å². The summed E-state index contributed by atoms with van der Waals surface area (Å²) < 4.78 is 0. The number of carbonyl (C=O) groups excluding carboxylic acids is 2. The minimum absolute atomic E-state index is 0.0466. The molecule has 1 atom stereocenters. The number of benzene rings is 1. The molecule has 1 aliphatic heterocycles. The number of carboxylic acid groups (broad SMARTS) is 1. The fourth-order valence-electron chi connectivity index (χ4n) is 2.60. The van der Waals surface area contributed by atoms with Crippen LogP contribution in [0.2, 0.25) is 0 Å². The summed E-state index contributed by atoms with van der Waals surface area (Å²) in [5.74, 6) is -2.68. The van der Waals surface area contributed by atoms with Gasteiger partial charge in [0.25, 0.3) is 5.91 Å². The van der Waals surface area contributed by atoms with Crippen molar-refractivity contribution >= 4 is 23.5 Å². The lowest BCUT2D eigenvalue weighted by Crippen LogP contribution is -2.48. The van der Waals surface area contributed by atoms with E-state index in [9.17, 15) is 14.4 Å². The largest absolute Gasteiger partial charge is 0.481 e. The Morgan fingerprint density at radius 2 is 1.79 bits per heavy atom. The van der Waals surface area contributed by atoms with E-state index in [1.54, 1.807) is 42.5 Å². The number of anilines is 1. The zero-order valence-electron chi connectivity index (χ0n) is 12.7. The predicted octanol–water partition coefficient (Wildman–Crippen LogP) is 1.58. The molecule has 0 spiro atoms. The first-order valence-electron chi connectivity index (χ1n) is 7.40. The number of amides is 2. The van der Waals surface area contributed by atoms with E-state index in [4.69, 9.17) is 5.11 Å². The van der Waals surface area contributed by atoms with Gasteiger partial charge in [-0.3, -0.25) is 19.4 Å². The Balaban J connectivity index is 1.99. The van der Waals surface area contributed by atoms with Crippen molar-refractivity contribution in [3.8, 4) is 0 Å². The number of hydrogen-bond donors (Lipinski definition) is 1. The van der Waals surface area contributed by atoms with Gasteiger partial charge >= 0.3 is 5.97 Å². The number of pyridine rings is 1. The third-order valence-electron chi connectivity index (χ3n) is 3.81. The van der Waals surface area contributed by atoms with Crippen molar-refractivity contribution in [3.63, 3.8) is 0 Å². The van der Waals surface area contributed by atoms with Crippen molar-refractivity contribution in [3.05, 3.63) is 60.4 Å². The lowest BCUT2D eigenvalue weighted by molar-refractivity contribution is -0.141. The van der Waals surface area contributed by atoms with E-state index in [1.807, 2.05) is 0 Å². The van der Waals surface area contributed by atoms with Gasteiger partial charge in [-0.15, -0.1) is 0 Å². The molecule has 0 aliphatic carbocycles. The summed E-state index contributed by atoms with van der Waals surface area (Å²) in [4.78, 5) is 40.3. The number of hydrogen-bond acceptors (Lipinski definition) is 4. The van der Waals surface area contributed by atoms with Crippen LogP contribution in [0.4, 0.5) is 5.69 Å². The van der Waals surface area contributed by atoms with Crippen LogP contribution >= 0.6 is 0 Å². The number of carboxylic acids is 1. The van der Waals surface area contributed by atoms with Gasteiger partial charge in [0.2, 0.25) is 5.91 Å². The molecule has 2 heterocycles. The fraction of sp³-hybridized carbons (Fsp3) is 0.176. The first-order chi connectivity index (χ1) is 11.6. The number of rotatable bonds is 4. The third kappa shape index (κ3) is 2.96. The average Bonchev–Trinajstić information content (AvgIpc) is 2.99. The van der Waals surface area contributed by atoms with E-state index in [2.05, 4.69) is 4.98 Å². The summed E-state index contributed by atoms with van der Waals surface area (Å²) in [5.41, 5.74) is 0.860. The maximum absolute atomic E-state index is 12.9. The zero-order valence-corrected chi connectivity index (χ0v) is 12.7. The van der Waals surface area contributed by atoms with E-state index < -0.39 is 23.7 Å². The number of aromatic nitrogens is 1. The van der Waals surface area contributed by atoms with Crippen molar-refractivity contribution in [2.75, 3.05) is 11.6 Å². The van der Waals surface area contributed by atoms with E-state index in [1.165, 1.54) is 22.4 Å². The van der Waals surface area contributed by atoms with Crippen molar-refractivity contribution in [2.24, 2.45) is 5.92 Å². The van der Waals surface area contributed by atoms with Gasteiger partial charge in [-0.05, 0) is 24.3 Å². The molecule has 24 heavy (non-hydrogen) atoms. The highest BCUT2D eigenvalue weighted by molar-refractivity contribution is 6.07. The number of aliphatic carboxylic acids is 1. The first-order valence-corrected chi connectivity index (χ1v) is 7.40. The average molecular weight is 325 g/mol. The SMILES string of the molecule is O=C(O)C1CC(=O)N(N(C(=O)c2ccccc2)c2ccncc2)C1. The molecule has 1 aromatic heterocycles. The summed E-state index contributed by atoms with van der Waals surface area (Å²) in [5, 5.41) is 11.6. The van der Waals surface area contributed by atoms with Crippen LogP contribution in [0.5, 0.6) is 0 Å². The van der Waals surface area contributed by atoms with E-state index in [0.29, 0.717) is 11.3 Å². The molecular weight excluding hydrogens is 310 g/mol. The minimum atomic E-state index is -1.05. The Hall–Kier alpha value is -3.22. The quantitative estimate of drug-likeness (QED) is 0.921. The highest BCUT2D eigenvalue weighted by Gasteiger charge is 2.40. The van der Waals surface area contributed by atoms with Gasteiger partial charge in [-0.1, -0.05) is 18.2 Å². The number of carbonyl (C=O) groups is 3. The number of hydrazine groups is 1. The zero-order chi connectivity index (χ0) is 17.1. The molecule has 1 aromatic carbocycles. The molecule has 1 aliphatic rings. The molecule has 2 amide bonds. The fourth-order valence-corrected chi connectivity index (χ4v) is 2.60. The lowest BCUT2D eigenvalue weighted by atomic mass is 10.1. The van der Waals surface area contributed by atoms with Crippen LogP contribution in [0.1, 0.15) is 16.8 Å². The topological polar surface area (TPSA) is 90.8 Å². The van der Waals surface area contributed by atoms with Gasteiger partial charge in [0, 0.05) is 24.4 Å². The number of nitrogens with zero attached hydrogens (tertiary/aromatic N) is 3. The monoisotopic (exact) mass is 325 g/mol. The molecule has 1 N–H and O–H groups in total. The van der Waals surface area contributed by atoms with E-state index >= 15 is 0 Å². The van der Waals surface area contributed by atoms with Gasteiger partial charge in [0.1, 0.15) is 0 Å². The lowest BCUT2D eigenvalue weighted by Gasteiger charge is -2.31.